The van der Waals surface area contributed by atoms with Crippen molar-refractivity contribution in [3.8, 4) is 0 Å². The molecule has 7 nitrogen and oxygen atoms in total. The molecule has 0 heterocycles. The van der Waals surface area contributed by atoms with E-state index in [4.69, 9.17) is 4.74 Å². The first kappa shape index (κ1) is 24.2. The largest absolute Gasteiger partial charge is 0.467 e. The molecule has 31 heavy (non-hydrogen) atoms. The normalized spacial score (nSPS) is 13.5. The topological polar surface area (TPSA) is 102 Å². The lowest BCUT2D eigenvalue weighted by atomic mass is 10.0. The lowest BCUT2D eigenvalue weighted by Crippen LogP contribution is -2.52. The maximum absolute atomic E-state index is 14.0. The Hall–Kier alpha value is -3.07. The van der Waals surface area contributed by atoms with Gasteiger partial charge in [0.05, 0.1) is 17.9 Å². The summed E-state index contributed by atoms with van der Waals surface area (Å²) in [6.07, 6.45) is -0.0334. The summed E-state index contributed by atoms with van der Waals surface area (Å²) in [5.74, 6) is -2.24. The number of nitrogens with one attached hydrogen (secondary N) is 2. The average Bonchev–Trinajstić information content (AvgIpc) is 2.76. The third kappa shape index (κ3) is 7.60. The molecular weight excluding hydrogens is 423 g/mol. The van der Waals surface area contributed by atoms with Crippen LogP contribution in [0.4, 0.5) is 4.39 Å². The molecule has 0 spiro atoms. The lowest BCUT2D eigenvalue weighted by Gasteiger charge is -2.22. The van der Waals surface area contributed by atoms with E-state index in [1.165, 1.54) is 32.2 Å². The van der Waals surface area contributed by atoms with Crippen molar-refractivity contribution in [1.29, 1.82) is 0 Å². The maximum atomic E-state index is 14.0. The van der Waals surface area contributed by atoms with Crippen molar-refractivity contribution >= 4 is 28.6 Å². The first-order valence-corrected chi connectivity index (χ1v) is 11.0. The van der Waals surface area contributed by atoms with Crippen LogP contribution in [-0.2, 0) is 36.3 Å². The van der Waals surface area contributed by atoms with Gasteiger partial charge in [-0.05, 0) is 30.2 Å². The van der Waals surface area contributed by atoms with E-state index in [1.54, 1.807) is 36.4 Å². The second-order valence-corrected chi connectivity index (χ2v) is 8.36. The summed E-state index contributed by atoms with van der Waals surface area (Å²) in [4.78, 5) is 37.1. The molecule has 2 rings (SSSR count). The monoisotopic (exact) mass is 448 g/mol. The lowest BCUT2D eigenvalue weighted by molar-refractivity contribution is -0.145. The number of methoxy groups -OCH3 is 1. The number of hydrogen-bond donors (Lipinski definition) is 2. The molecule has 166 valence electrons. The number of hydrogen-bond acceptors (Lipinski definition) is 5. The number of benzene rings is 2. The van der Waals surface area contributed by atoms with Crippen LogP contribution in [0.1, 0.15) is 18.9 Å². The molecule has 0 unspecified atom stereocenters. The van der Waals surface area contributed by atoms with Crippen LogP contribution >= 0.6 is 0 Å². The van der Waals surface area contributed by atoms with Gasteiger partial charge < -0.3 is 15.4 Å². The number of carbonyl (C=O) groups is 3. The fraction of sp³-hybridized carbons (Fsp3) is 0.318. The molecule has 0 aliphatic heterocycles. The van der Waals surface area contributed by atoms with Crippen LogP contribution in [0.5, 0.6) is 0 Å². The molecule has 0 fully saturated rings. The Kier molecular flexibility index (Phi) is 9.33. The fourth-order valence-corrected chi connectivity index (χ4v) is 4.06. The zero-order valence-corrected chi connectivity index (χ0v) is 18.1. The standard InChI is InChI=1S/C22H25FN2O5S/c1-15(26)24-20(14-16-8-6-7-11-18(16)23)21(27)25-19(22(28)30-2)12-13-31(29)17-9-4-3-5-10-17/h3-11,19-20H,12-14H2,1-2H3,(H,24,26)(H,25,27)/t19-,20-,31-/m1/s1. The Balaban J connectivity index is 2.10. The molecule has 2 aromatic rings. The highest BCUT2D eigenvalue weighted by Crippen LogP contribution is 2.11. The summed E-state index contributed by atoms with van der Waals surface area (Å²) in [6.45, 7) is 1.24. The smallest absolute Gasteiger partial charge is 0.328 e. The first-order valence-electron chi connectivity index (χ1n) is 9.64. The van der Waals surface area contributed by atoms with Gasteiger partial charge in [0.1, 0.15) is 17.9 Å². The van der Waals surface area contributed by atoms with Gasteiger partial charge in [-0.25, -0.2) is 9.18 Å². The van der Waals surface area contributed by atoms with Gasteiger partial charge in [0.25, 0.3) is 0 Å². The van der Waals surface area contributed by atoms with E-state index in [1.807, 2.05) is 0 Å². The van der Waals surface area contributed by atoms with E-state index in [9.17, 15) is 23.0 Å². The minimum Gasteiger partial charge on any atom is -0.467 e. The SMILES string of the molecule is COC(=O)[C@@H](CC[S@@](=O)c1ccccc1)NC(=O)[C@@H](Cc1ccccc1F)NC(C)=O. The van der Waals surface area contributed by atoms with Crippen molar-refractivity contribution in [2.24, 2.45) is 0 Å². The van der Waals surface area contributed by atoms with Crippen LogP contribution in [0.15, 0.2) is 59.5 Å². The van der Waals surface area contributed by atoms with Crippen LogP contribution in [0.3, 0.4) is 0 Å². The maximum Gasteiger partial charge on any atom is 0.328 e. The van der Waals surface area contributed by atoms with Crippen LogP contribution in [0.25, 0.3) is 0 Å². The summed E-state index contributed by atoms with van der Waals surface area (Å²) in [5.41, 5.74) is 0.246. The summed E-state index contributed by atoms with van der Waals surface area (Å²) >= 11 is 0. The molecule has 0 aromatic heterocycles. The Labute approximate surface area is 182 Å². The third-order valence-corrected chi connectivity index (χ3v) is 5.88. The van der Waals surface area contributed by atoms with Gasteiger partial charge in [0.15, 0.2) is 0 Å². The van der Waals surface area contributed by atoms with Crippen LogP contribution < -0.4 is 10.6 Å². The van der Waals surface area contributed by atoms with E-state index in [0.717, 1.165) is 0 Å². The number of halogens is 1. The van der Waals surface area contributed by atoms with Gasteiger partial charge >= 0.3 is 5.97 Å². The van der Waals surface area contributed by atoms with E-state index < -0.39 is 46.5 Å². The molecule has 2 amide bonds. The average molecular weight is 449 g/mol. The highest BCUT2D eigenvalue weighted by molar-refractivity contribution is 7.85. The first-order chi connectivity index (χ1) is 14.8. The van der Waals surface area contributed by atoms with Crippen molar-refractivity contribution in [3.05, 3.63) is 66.0 Å². The molecule has 0 radical (unpaired) electrons. The quantitative estimate of drug-likeness (QED) is 0.539. The van der Waals surface area contributed by atoms with Gasteiger partial charge in [-0.2, -0.15) is 0 Å². The van der Waals surface area contributed by atoms with E-state index in [0.29, 0.717) is 4.90 Å². The Morgan fingerprint density at radius 2 is 1.65 bits per heavy atom. The van der Waals surface area contributed by atoms with Crippen molar-refractivity contribution < 1.29 is 27.7 Å². The van der Waals surface area contributed by atoms with Crippen LogP contribution in [0, 0.1) is 5.82 Å². The number of ether oxygens (including phenoxy) is 1. The molecular formula is C22H25FN2O5S. The minimum absolute atomic E-state index is 0.0619. The molecule has 0 aliphatic carbocycles. The molecule has 9 heteroatoms. The summed E-state index contributed by atoms with van der Waals surface area (Å²) in [7, 11) is -0.189. The zero-order chi connectivity index (χ0) is 22.8. The highest BCUT2D eigenvalue weighted by Gasteiger charge is 2.28. The molecule has 0 saturated heterocycles. The summed E-state index contributed by atoms with van der Waals surface area (Å²) < 4.78 is 31.2. The highest BCUT2D eigenvalue weighted by atomic mass is 32.2. The summed E-state index contributed by atoms with van der Waals surface area (Å²) in [5, 5.41) is 5.01. The van der Waals surface area contributed by atoms with E-state index in [2.05, 4.69) is 10.6 Å². The van der Waals surface area contributed by atoms with Crippen LogP contribution in [0.2, 0.25) is 0 Å². The van der Waals surface area contributed by atoms with Crippen molar-refractivity contribution in [2.75, 3.05) is 12.9 Å². The van der Waals surface area contributed by atoms with Crippen molar-refractivity contribution in [2.45, 2.75) is 36.7 Å². The molecule has 2 N–H and O–H groups in total. The van der Waals surface area contributed by atoms with Gasteiger partial charge in [0.2, 0.25) is 11.8 Å². The van der Waals surface area contributed by atoms with Gasteiger partial charge in [-0.15, -0.1) is 0 Å². The number of amides is 2. The van der Waals surface area contributed by atoms with Gasteiger partial charge in [-0.1, -0.05) is 36.4 Å². The van der Waals surface area contributed by atoms with Crippen molar-refractivity contribution in [1.82, 2.24) is 10.6 Å². The molecule has 0 aliphatic rings. The molecule has 0 bridgehead atoms. The van der Waals surface area contributed by atoms with Crippen molar-refractivity contribution in [3.63, 3.8) is 0 Å². The number of esters is 1. The zero-order valence-electron chi connectivity index (χ0n) is 17.3. The van der Waals surface area contributed by atoms with Crippen LogP contribution in [-0.4, -0.2) is 46.9 Å². The molecule has 0 saturated carbocycles. The summed E-state index contributed by atoms with van der Waals surface area (Å²) in [6, 6.07) is 12.5. The Bertz CT molecular complexity index is 939. The second kappa shape index (κ2) is 11.9. The van der Waals surface area contributed by atoms with Gasteiger partial charge in [0, 0.05) is 24.0 Å². The molecule has 2 aromatic carbocycles. The number of rotatable bonds is 10. The van der Waals surface area contributed by atoms with Gasteiger partial charge in [-0.3, -0.25) is 13.8 Å². The minimum atomic E-state index is -1.37. The van der Waals surface area contributed by atoms with E-state index in [-0.39, 0.29) is 24.2 Å². The predicted octanol–water partition coefficient (Wildman–Crippen LogP) is 1.73. The predicted molar refractivity (Wildman–Crippen MR) is 114 cm³/mol. The Morgan fingerprint density at radius 3 is 2.26 bits per heavy atom. The number of carbonyl (C=O) groups excluding carboxylic acids is 3. The Morgan fingerprint density at radius 1 is 1.00 bits per heavy atom. The molecule has 3 atom stereocenters. The fourth-order valence-electron chi connectivity index (χ4n) is 2.92. The second-order valence-electron chi connectivity index (χ2n) is 6.78. The third-order valence-electron chi connectivity index (χ3n) is 4.48. The van der Waals surface area contributed by atoms with E-state index >= 15 is 0 Å².